The van der Waals surface area contributed by atoms with Gasteiger partial charge in [-0.15, -0.1) is 11.3 Å². The zero-order valence-corrected chi connectivity index (χ0v) is 12.7. The third-order valence-electron chi connectivity index (χ3n) is 3.45. The van der Waals surface area contributed by atoms with Gasteiger partial charge in [-0.05, 0) is 41.1 Å². The van der Waals surface area contributed by atoms with E-state index in [1.807, 2.05) is 43.3 Å². The Morgan fingerprint density at radius 3 is 2.62 bits per heavy atom. The standard InChI is InChI=1S/C18H16O2S/c1-2-17(19)13-7-9-15(10-8-13)20-11-14-12-21-18-6-4-3-5-16(14)18/h3-10,12H,2,11H2,1H3. The Morgan fingerprint density at radius 1 is 1.10 bits per heavy atom. The van der Waals surface area contributed by atoms with Crippen molar-refractivity contribution in [3.8, 4) is 5.75 Å². The number of Topliss-reactive ketones (excluding diaryl/α,β-unsaturated/α-hetero) is 1. The molecular weight excluding hydrogens is 280 g/mol. The van der Waals surface area contributed by atoms with Crippen molar-refractivity contribution in [1.29, 1.82) is 0 Å². The summed E-state index contributed by atoms with van der Waals surface area (Å²) in [4.78, 5) is 11.6. The zero-order chi connectivity index (χ0) is 14.7. The van der Waals surface area contributed by atoms with Gasteiger partial charge in [-0.25, -0.2) is 0 Å². The monoisotopic (exact) mass is 296 g/mol. The molecule has 0 radical (unpaired) electrons. The van der Waals surface area contributed by atoms with Crippen LogP contribution in [0.15, 0.2) is 53.9 Å². The normalized spacial score (nSPS) is 10.7. The number of hydrogen-bond acceptors (Lipinski definition) is 3. The van der Waals surface area contributed by atoms with Crippen molar-refractivity contribution in [1.82, 2.24) is 0 Å². The SMILES string of the molecule is CCC(=O)c1ccc(OCc2csc3ccccc23)cc1. The fraction of sp³-hybridized carbons (Fsp3) is 0.167. The summed E-state index contributed by atoms with van der Waals surface area (Å²) >= 11 is 1.73. The van der Waals surface area contributed by atoms with Gasteiger partial charge < -0.3 is 4.74 Å². The molecule has 0 fully saturated rings. The number of hydrogen-bond donors (Lipinski definition) is 0. The molecule has 0 aliphatic rings. The van der Waals surface area contributed by atoms with Crippen LogP contribution in [0.5, 0.6) is 5.75 Å². The Kier molecular flexibility index (Phi) is 4.02. The number of fused-ring (bicyclic) bond motifs is 1. The van der Waals surface area contributed by atoms with Crippen LogP contribution >= 0.6 is 11.3 Å². The molecule has 2 aromatic carbocycles. The molecule has 0 atom stereocenters. The molecule has 1 heterocycles. The molecule has 21 heavy (non-hydrogen) atoms. The van der Waals surface area contributed by atoms with Crippen molar-refractivity contribution in [3.63, 3.8) is 0 Å². The fourth-order valence-electron chi connectivity index (χ4n) is 2.25. The van der Waals surface area contributed by atoms with Crippen LogP contribution in [0, 0.1) is 0 Å². The van der Waals surface area contributed by atoms with Gasteiger partial charge in [0, 0.05) is 22.2 Å². The Labute approximate surface area is 128 Å². The molecule has 0 unspecified atom stereocenters. The lowest BCUT2D eigenvalue weighted by Gasteiger charge is -2.06. The second-order valence-electron chi connectivity index (χ2n) is 4.85. The number of ketones is 1. The van der Waals surface area contributed by atoms with E-state index in [2.05, 4.69) is 17.5 Å². The van der Waals surface area contributed by atoms with Crippen molar-refractivity contribution >= 4 is 27.2 Å². The number of carbonyl (C=O) groups is 1. The zero-order valence-electron chi connectivity index (χ0n) is 11.8. The quantitative estimate of drug-likeness (QED) is 0.614. The van der Waals surface area contributed by atoms with Gasteiger partial charge in [0.15, 0.2) is 5.78 Å². The van der Waals surface area contributed by atoms with Crippen LogP contribution in [0.4, 0.5) is 0 Å². The molecule has 0 saturated carbocycles. The van der Waals surface area contributed by atoms with Gasteiger partial charge in [0.2, 0.25) is 0 Å². The van der Waals surface area contributed by atoms with E-state index in [-0.39, 0.29) is 5.78 Å². The highest BCUT2D eigenvalue weighted by Crippen LogP contribution is 2.26. The summed E-state index contributed by atoms with van der Waals surface area (Å²) in [6.45, 7) is 2.42. The fourth-order valence-corrected chi connectivity index (χ4v) is 3.19. The predicted molar refractivity (Wildman–Crippen MR) is 87.2 cm³/mol. The van der Waals surface area contributed by atoms with Gasteiger partial charge >= 0.3 is 0 Å². The van der Waals surface area contributed by atoms with Crippen LogP contribution in [-0.4, -0.2) is 5.78 Å². The van der Waals surface area contributed by atoms with E-state index in [9.17, 15) is 4.79 Å². The van der Waals surface area contributed by atoms with Gasteiger partial charge in [0.25, 0.3) is 0 Å². The maximum Gasteiger partial charge on any atom is 0.162 e. The highest BCUT2D eigenvalue weighted by atomic mass is 32.1. The van der Waals surface area contributed by atoms with Crippen molar-refractivity contribution < 1.29 is 9.53 Å². The average molecular weight is 296 g/mol. The molecule has 106 valence electrons. The molecule has 0 bridgehead atoms. The van der Waals surface area contributed by atoms with E-state index < -0.39 is 0 Å². The number of benzene rings is 2. The highest BCUT2D eigenvalue weighted by Gasteiger charge is 2.05. The molecule has 0 aliphatic heterocycles. The number of thiophene rings is 1. The Morgan fingerprint density at radius 2 is 1.86 bits per heavy atom. The first-order valence-corrected chi connectivity index (χ1v) is 7.87. The minimum Gasteiger partial charge on any atom is -0.489 e. The first kappa shape index (κ1) is 13.8. The topological polar surface area (TPSA) is 26.3 Å². The largest absolute Gasteiger partial charge is 0.489 e. The van der Waals surface area contributed by atoms with Crippen LogP contribution in [0.2, 0.25) is 0 Å². The Balaban J connectivity index is 1.71. The lowest BCUT2D eigenvalue weighted by Crippen LogP contribution is -1.97. The smallest absolute Gasteiger partial charge is 0.162 e. The molecule has 3 rings (SSSR count). The average Bonchev–Trinajstić information content (AvgIpc) is 2.96. The van der Waals surface area contributed by atoms with Crippen molar-refractivity contribution in [2.24, 2.45) is 0 Å². The first-order chi connectivity index (χ1) is 10.3. The van der Waals surface area contributed by atoms with Gasteiger partial charge in [0.1, 0.15) is 12.4 Å². The molecule has 0 amide bonds. The van der Waals surface area contributed by atoms with Crippen LogP contribution in [0.3, 0.4) is 0 Å². The highest BCUT2D eigenvalue weighted by molar-refractivity contribution is 7.17. The summed E-state index contributed by atoms with van der Waals surface area (Å²) in [5.74, 6) is 0.948. The molecule has 3 heteroatoms. The van der Waals surface area contributed by atoms with Crippen molar-refractivity contribution in [2.75, 3.05) is 0 Å². The lowest BCUT2D eigenvalue weighted by molar-refractivity contribution is 0.0988. The summed E-state index contributed by atoms with van der Waals surface area (Å²) in [5.41, 5.74) is 1.94. The molecule has 3 aromatic rings. The molecule has 0 N–H and O–H groups in total. The summed E-state index contributed by atoms with van der Waals surface area (Å²) < 4.78 is 7.10. The predicted octanol–water partition coefficient (Wildman–Crippen LogP) is 5.07. The second-order valence-corrected chi connectivity index (χ2v) is 5.76. The Hall–Kier alpha value is -2.13. The minimum atomic E-state index is 0.158. The van der Waals surface area contributed by atoms with Gasteiger partial charge in [0.05, 0.1) is 0 Å². The van der Waals surface area contributed by atoms with E-state index in [1.54, 1.807) is 11.3 Å². The van der Waals surface area contributed by atoms with Crippen LogP contribution in [-0.2, 0) is 6.61 Å². The van der Waals surface area contributed by atoms with Crippen LogP contribution < -0.4 is 4.74 Å². The molecule has 0 spiro atoms. The maximum atomic E-state index is 11.6. The van der Waals surface area contributed by atoms with Gasteiger partial charge in [-0.2, -0.15) is 0 Å². The van der Waals surface area contributed by atoms with Crippen molar-refractivity contribution in [2.45, 2.75) is 20.0 Å². The van der Waals surface area contributed by atoms with Crippen molar-refractivity contribution in [3.05, 3.63) is 65.0 Å². The Bertz CT molecular complexity index is 756. The summed E-state index contributed by atoms with van der Waals surface area (Å²) in [6.07, 6.45) is 0.529. The molecule has 0 saturated heterocycles. The summed E-state index contributed by atoms with van der Waals surface area (Å²) in [5, 5.41) is 3.39. The van der Waals surface area contributed by atoms with E-state index in [0.717, 1.165) is 11.3 Å². The van der Waals surface area contributed by atoms with Gasteiger partial charge in [-0.1, -0.05) is 25.1 Å². The van der Waals surface area contributed by atoms with E-state index >= 15 is 0 Å². The van der Waals surface area contributed by atoms with Crippen LogP contribution in [0.25, 0.3) is 10.1 Å². The van der Waals surface area contributed by atoms with E-state index in [4.69, 9.17) is 4.74 Å². The number of carbonyl (C=O) groups excluding carboxylic acids is 1. The first-order valence-electron chi connectivity index (χ1n) is 6.99. The molecule has 2 nitrogen and oxygen atoms in total. The molecule has 1 aromatic heterocycles. The third kappa shape index (κ3) is 2.98. The number of rotatable bonds is 5. The lowest BCUT2D eigenvalue weighted by atomic mass is 10.1. The third-order valence-corrected chi connectivity index (χ3v) is 4.47. The van der Waals surface area contributed by atoms with Crippen LogP contribution in [0.1, 0.15) is 29.3 Å². The van der Waals surface area contributed by atoms with E-state index in [0.29, 0.717) is 13.0 Å². The molecular formula is C18H16O2S. The summed E-state index contributed by atoms with van der Waals surface area (Å²) in [6, 6.07) is 15.7. The molecule has 0 aliphatic carbocycles. The summed E-state index contributed by atoms with van der Waals surface area (Å²) in [7, 11) is 0. The second kappa shape index (κ2) is 6.10. The van der Waals surface area contributed by atoms with Gasteiger partial charge in [-0.3, -0.25) is 4.79 Å². The minimum absolute atomic E-state index is 0.158. The maximum absolute atomic E-state index is 11.6. The number of ether oxygens (including phenoxy) is 1. The van der Waals surface area contributed by atoms with E-state index in [1.165, 1.54) is 15.6 Å².